The van der Waals surface area contributed by atoms with Crippen LogP contribution in [0.25, 0.3) is 0 Å². The maximum absolute atomic E-state index is 12.4. The van der Waals surface area contributed by atoms with E-state index in [1.165, 1.54) is 12.1 Å². The molecule has 3 aromatic carbocycles. The topological polar surface area (TPSA) is 41.9 Å². The minimum Gasteiger partial charge on any atom is -0.487 e. The molecular weight excluding hydrogens is 475 g/mol. The van der Waals surface area contributed by atoms with Gasteiger partial charge in [0.05, 0.1) is 17.8 Å². The lowest BCUT2D eigenvalue weighted by molar-refractivity contribution is -0.274. The lowest BCUT2D eigenvalue weighted by Gasteiger charge is -2.42. The second-order valence-electron chi connectivity index (χ2n) is 8.83. The van der Waals surface area contributed by atoms with E-state index in [1.54, 1.807) is 23.9 Å². The van der Waals surface area contributed by atoms with Gasteiger partial charge in [0.2, 0.25) is 0 Å². The summed E-state index contributed by atoms with van der Waals surface area (Å²) >= 11 is 1.54. The van der Waals surface area contributed by atoms with E-state index in [9.17, 15) is 18.3 Å². The summed E-state index contributed by atoms with van der Waals surface area (Å²) < 4.78 is 47.3. The molecule has 3 atom stereocenters. The molecule has 3 unspecified atom stereocenters. The van der Waals surface area contributed by atoms with Gasteiger partial charge in [-0.1, -0.05) is 36.8 Å². The van der Waals surface area contributed by atoms with Gasteiger partial charge in [-0.2, -0.15) is 0 Å². The quantitative estimate of drug-likeness (QED) is 0.384. The number of benzene rings is 3. The highest BCUT2D eigenvalue weighted by Crippen LogP contribution is 2.44. The van der Waals surface area contributed by atoms with Crippen LogP contribution in [0.15, 0.2) is 77.7 Å². The third-order valence-corrected chi connectivity index (χ3v) is 7.76. The van der Waals surface area contributed by atoms with Crippen LogP contribution in [-0.2, 0) is 6.61 Å². The summed E-state index contributed by atoms with van der Waals surface area (Å²) in [5.74, 6) is 1.28. The van der Waals surface area contributed by atoms with Crippen LogP contribution in [0.1, 0.15) is 24.8 Å². The largest absolute Gasteiger partial charge is 0.573 e. The van der Waals surface area contributed by atoms with E-state index in [0.29, 0.717) is 12.4 Å². The number of fused-ring (bicyclic) bond motifs is 2. The lowest BCUT2D eigenvalue weighted by Crippen LogP contribution is -2.48. The molecule has 1 N–H and O–H groups in total. The zero-order chi connectivity index (χ0) is 24.4. The predicted octanol–water partition coefficient (Wildman–Crippen LogP) is 6.94. The fourth-order valence-electron chi connectivity index (χ4n) is 4.94. The Balaban J connectivity index is 1.34. The zero-order valence-corrected chi connectivity index (χ0v) is 19.8. The molecule has 0 radical (unpaired) electrons. The number of nitrogens with zero attached hydrogens (tertiary/aromatic N) is 1. The fourth-order valence-corrected chi connectivity index (χ4v) is 6.04. The summed E-state index contributed by atoms with van der Waals surface area (Å²) in [6.45, 7) is 0.472. The van der Waals surface area contributed by atoms with Crippen molar-refractivity contribution in [1.29, 1.82) is 0 Å². The number of halogens is 3. The average molecular weight is 502 g/mol. The van der Waals surface area contributed by atoms with Gasteiger partial charge in [-0.15, -0.1) is 24.9 Å². The molecule has 0 aromatic heterocycles. The third kappa shape index (κ3) is 5.38. The molecule has 35 heavy (non-hydrogen) atoms. The second-order valence-corrected chi connectivity index (χ2v) is 9.93. The first-order valence-corrected chi connectivity index (χ1v) is 12.6. The first kappa shape index (κ1) is 23.9. The van der Waals surface area contributed by atoms with E-state index in [1.807, 2.05) is 36.4 Å². The maximum Gasteiger partial charge on any atom is 0.573 e. The number of alkyl halides is 3. The number of para-hydroxylation sites is 3. The summed E-state index contributed by atoms with van der Waals surface area (Å²) in [6, 6.07) is 21.9. The van der Waals surface area contributed by atoms with Crippen LogP contribution < -0.4 is 14.4 Å². The number of hydrogen-bond acceptors (Lipinski definition) is 5. The van der Waals surface area contributed by atoms with Gasteiger partial charge in [-0.3, -0.25) is 0 Å². The predicted molar refractivity (Wildman–Crippen MR) is 130 cm³/mol. The van der Waals surface area contributed by atoms with Gasteiger partial charge < -0.3 is 19.5 Å². The number of ether oxygens (including phenoxy) is 2. The molecule has 0 spiro atoms. The van der Waals surface area contributed by atoms with Gasteiger partial charge in [-0.25, -0.2) is 0 Å². The number of aliphatic hydroxyl groups is 1. The van der Waals surface area contributed by atoms with Gasteiger partial charge in [0.1, 0.15) is 18.1 Å². The molecule has 184 valence electrons. The van der Waals surface area contributed by atoms with Crippen molar-refractivity contribution in [2.75, 3.05) is 10.7 Å². The van der Waals surface area contributed by atoms with Crippen molar-refractivity contribution in [1.82, 2.24) is 0 Å². The highest BCUT2D eigenvalue weighted by Gasteiger charge is 2.38. The van der Waals surface area contributed by atoms with Gasteiger partial charge in [0.25, 0.3) is 0 Å². The van der Waals surface area contributed by atoms with Gasteiger partial charge in [0, 0.05) is 21.9 Å². The Bertz CT molecular complexity index is 1110. The molecule has 1 aliphatic carbocycles. The van der Waals surface area contributed by atoms with E-state index in [2.05, 4.69) is 21.8 Å². The molecule has 3 aromatic rings. The number of anilines is 2. The molecule has 1 heterocycles. The minimum absolute atomic E-state index is 0.0494. The Morgan fingerprint density at radius 1 is 0.943 bits per heavy atom. The summed E-state index contributed by atoms with van der Waals surface area (Å²) in [4.78, 5) is 3.08. The molecule has 1 aliphatic heterocycles. The highest BCUT2D eigenvalue weighted by molar-refractivity contribution is 7.99. The fraction of sp³-hybridized carbons (Fsp3) is 0.333. The van der Waals surface area contributed by atoms with E-state index >= 15 is 0 Å². The summed E-state index contributed by atoms with van der Waals surface area (Å²) in [7, 11) is 0. The normalized spacial score (nSPS) is 21.9. The van der Waals surface area contributed by atoms with Crippen LogP contribution in [0.4, 0.5) is 24.5 Å². The number of rotatable bonds is 5. The lowest BCUT2D eigenvalue weighted by atomic mass is 9.82. The van der Waals surface area contributed by atoms with Gasteiger partial charge >= 0.3 is 6.36 Å². The monoisotopic (exact) mass is 501 g/mol. The highest BCUT2D eigenvalue weighted by atomic mass is 32.2. The van der Waals surface area contributed by atoms with Crippen LogP contribution in [-0.4, -0.2) is 29.4 Å². The molecule has 1 saturated carbocycles. The van der Waals surface area contributed by atoms with E-state index in [-0.39, 0.29) is 17.7 Å². The van der Waals surface area contributed by atoms with Crippen molar-refractivity contribution in [3.8, 4) is 11.5 Å². The second kappa shape index (κ2) is 10.0. The average Bonchev–Trinajstić information content (AvgIpc) is 3.01. The van der Waals surface area contributed by atoms with Gasteiger partial charge in [0.15, 0.2) is 0 Å². The van der Waals surface area contributed by atoms with Crippen LogP contribution in [0.3, 0.4) is 0 Å². The molecule has 4 nitrogen and oxygen atoms in total. The van der Waals surface area contributed by atoms with Crippen molar-refractivity contribution in [3.63, 3.8) is 0 Å². The van der Waals surface area contributed by atoms with Crippen LogP contribution in [0.2, 0.25) is 0 Å². The SMILES string of the molecule is OC1C(CSc2ccc(OC(F)(F)F)cc2)CCCC1N1c2ccccc2COc2ccccc21. The molecule has 0 amide bonds. The van der Waals surface area contributed by atoms with Crippen molar-refractivity contribution in [3.05, 3.63) is 78.4 Å². The molecule has 8 heteroatoms. The van der Waals surface area contributed by atoms with Crippen molar-refractivity contribution < 1.29 is 27.8 Å². The molecule has 2 aliphatic rings. The molecule has 0 bridgehead atoms. The third-order valence-electron chi connectivity index (χ3n) is 6.56. The molecule has 0 saturated heterocycles. The first-order chi connectivity index (χ1) is 16.9. The van der Waals surface area contributed by atoms with Gasteiger partial charge in [-0.05, 0) is 61.2 Å². The minimum atomic E-state index is -4.70. The Hall–Kier alpha value is -2.84. The standard InChI is InChI=1S/C27H26F3NO3S/c28-27(29,30)34-20-12-14-21(15-13-20)35-17-19-7-5-10-24(26(19)32)31-22-8-2-1-6-18(22)16-33-25-11-4-3-9-23(25)31/h1-4,6,8-9,11-15,19,24,26,32H,5,7,10,16-17H2. The van der Waals surface area contributed by atoms with Crippen molar-refractivity contribution in [2.45, 2.75) is 49.3 Å². The van der Waals surface area contributed by atoms with E-state index < -0.39 is 12.5 Å². The summed E-state index contributed by atoms with van der Waals surface area (Å²) in [5, 5.41) is 11.5. The summed E-state index contributed by atoms with van der Waals surface area (Å²) in [6.07, 6.45) is -2.54. The Kier molecular flexibility index (Phi) is 6.84. The zero-order valence-electron chi connectivity index (χ0n) is 18.9. The van der Waals surface area contributed by atoms with Crippen LogP contribution in [0, 0.1) is 5.92 Å². The smallest absolute Gasteiger partial charge is 0.487 e. The number of hydrogen-bond donors (Lipinski definition) is 1. The Morgan fingerprint density at radius 3 is 2.43 bits per heavy atom. The Labute approximate surface area is 206 Å². The van der Waals surface area contributed by atoms with Crippen LogP contribution >= 0.6 is 11.8 Å². The number of thioether (sulfide) groups is 1. The Morgan fingerprint density at radius 2 is 1.66 bits per heavy atom. The van der Waals surface area contributed by atoms with Crippen LogP contribution in [0.5, 0.6) is 11.5 Å². The van der Waals surface area contributed by atoms with E-state index in [4.69, 9.17) is 4.74 Å². The number of aliphatic hydroxyl groups excluding tert-OH is 1. The molecular formula is C27H26F3NO3S. The summed E-state index contributed by atoms with van der Waals surface area (Å²) in [5.41, 5.74) is 3.08. The van der Waals surface area contributed by atoms with Crippen molar-refractivity contribution in [2.24, 2.45) is 5.92 Å². The van der Waals surface area contributed by atoms with E-state index in [0.717, 1.165) is 46.8 Å². The molecule has 5 rings (SSSR count). The molecule has 1 fully saturated rings. The first-order valence-electron chi connectivity index (χ1n) is 11.6. The van der Waals surface area contributed by atoms with Crippen molar-refractivity contribution >= 4 is 23.1 Å². The maximum atomic E-state index is 12.4.